The van der Waals surface area contributed by atoms with Crippen LogP contribution in [-0.4, -0.2) is 29.0 Å². The second-order valence-electron chi connectivity index (χ2n) is 3.42. The molecule has 0 amide bonds. The topological polar surface area (TPSA) is 80.4 Å². The maximum Gasteiger partial charge on any atom is 0.320 e. The third-order valence-electron chi connectivity index (χ3n) is 2.08. The predicted octanol–water partition coefficient (Wildman–Crippen LogP) is 1.71. The number of anilines is 2. The lowest BCUT2D eigenvalue weighted by Gasteiger charge is -2.00. The highest BCUT2D eigenvalue weighted by molar-refractivity contribution is 5.54. The van der Waals surface area contributed by atoms with Crippen molar-refractivity contribution in [1.29, 1.82) is 0 Å². The average Bonchev–Trinajstić information content (AvgIpc) is 2.74. The zero-order valence-corrected chi connectivity index (χ0v) is 9.38. The predicted molar refractivity (Wildman–Crippen MR) is 61.3 cm³/mol. The molecule has 0 aliphatic rings. The van der Waals surface area contributed by atoms with E-state index in [2.05, 4.69) is 15.5 Å². The van der Waals surface area contributed by atoms with E-state index in [1.165, 1.54) is 0 Å². The second-order valence-corrected chi connectivity index (χ2v) is 3.42. The fraction of sp³-hybridized carbons (Fsp3) is 0.273. The summed E-state index contributed by atoms with van der Waals surface area (Å²) in [6.07, 6.45) is 0.575. The first-order chi connectivity index (χ1) is 8.28. The molecule has 6 nitrogen and oxygen atoms in total. The van der Waals surface area contributed by atoms with Gasteiger partial charge in [0.15, 0.2) is 0 Å². The largest absolute Gasteiger partial charge is 0.508 e. The Labute approximate surface area is 98.2 Å². The van der Waals surface area contributed by atoms with Crippen LogP contribution in [-0.2, 0) is 11.2 Å². The number of methoxy groups -OCH3 is 1. The van der Waals surface area contributed by atoms with E-state index in [4.69, 9.17) is 9.15 Å². The number of rotatable bonds is 5. The number of hydrogen-bond donors (Lipinski definition) is 2. The van der Waals surface area contributed by atoms with Crippen LogP contribution in [0, 0.1) is 0 Å². The molecule has 17 heavy (non-hydrogen) atoms. The number of aromatic hydroxyl groups is 1. The van der Waals surface area contributed by atoms with E-state index in [-0.39, 0.29) is 5.75 Å². The van der Waals surface area contributed by atoms with Crippen LogP contribution in [0.25, 0.3) is 0 Å². The third-order valence-corrected chi connectivity index (χ3v) is 2.08. The minimum absolute atomic E-state index is 0.175. The van der Waals surface area contributed by atoms with Crippen molar-refractivity contribution in [3.63, 3.8) is 0 Å². The minimum Gasteiger partial charge on any atom is -0.508 e. The molecule has 0 saturated carbocycles. The first kappa shape index (κ1) is 11.4. The molecule has 0 radical (unpaired) electrons. The van der Waals surface area contributed by atoms with Crippen LogP contribution in [0.15, 0.2) is 28.7 Å². The zero-order chi connectivity index (χ0) is 12.1. The Morgan fingerprint density at radius 3 is 3.06 bits per heavy atom. The Balaban J connectivity index is 2.01. The highest BCUT2D eigenvalue weighted by Gasteiger charge is 2.05. The van der Waals surface area contributed by atoms with Crippen LogP contribution in [0.1, 0.15) is 5.89 Å². The van der Waals surface area contributed by atoms with Crippen LogP contribution in [0.5, 0.6) is 5.75 Å². The van der Waals surface area contributed by atoms with Crippen molar-refractivity contribution in [2.24, 2.45) is 0 Å². The molecule has 2 aromatic rings. The van der Waals surface area contributed by atoms with E-state index in [0.29, 0.717) is 30.6 Å². The van der Waals surface area contributed by atoms with Gasteiger partial charge in [-0.3, -0.25) is 0 Å². The molecule has 0 aliphatic heterocycles. The molecule has 1 heterocycles. The number of phenolic OH excluding ortho intramolecular Hbond substituents is 1. The first-order valence-electron chi connectivity index (χ1n) is 5.15. The summed E-state index contributed by atoms with van der Waals surface area (Å²) >= 11 is 0. The van der Waals surface area contributed by atoms with Gasteiger partial charge in [0.1, 0.15) is 5.75 Å². The fourth-order valence-electron chi connectivity index (χ4n) is 1.30. The average molecular weight is 235 g/mol. The van der Waals surface area contributed by atoms with Gasteiger partial charge >= 0.3 is 6.01 Å². The van der Waals surface area contributed by atoms with E-state index in [9.17, 15) is 5.11 Å². The van der Waals surface area contributed by atoms with Crippen molar-refractivity contribution < 1.29 is 14.3 Å². The van der Waals surface area contributed by atoms with Crippen molar-refractivity contribution in [1.82, 2.24) is 10.2 Å². The highest BCUT2D eigenvalue weighted by atomic mass is 16.5. The van der Waals surface area contributed by atoms with Gasteiger partial charge in [0.2, 0.25) is 5.89 Å². The molecule has 90 valence electrons. The quantitative estimate of drug-likeness (QED) is 0.821. The molecule has 2 rings (SSSR count). The van der Waals surface area contributed by atoms with Gasteiger partial charge in [0, 0.05) is 25.3 Å². The maximum absolute atomic E-state index is 9.29. The molecular formula is C11H13N3O3. The Hall–Kier alpha value is -2.08. The molecule has 0 atom stereocenters. The molecule has 0 fully saturated rings. The molecule has 0 aliphatic carbocycles. The van der Waals surface area contributed by atoms with E-state index in [1.807, 2.05) is 0 Å². The van der Waals surface area contributed by atoms with Crippen LogP contribution in [0.4, 0.5) is 11.7 Å². The Bertz CT molecular complexity index is 484. The standard InChI is InChI=1S/C11H13N3O3/c1-16-6-5-10-13-14-11(17-10)12-8-3-2-4-9(15)7-8/h2-4,7,15H,5-6H2,1H3,(H,12,14). The summed E-state index contributed by atoms with van der Waals surface area (Å²) in [5.74, 6) is 0.684. The summed E-state index contributed by atoms with van der Waals surface area (Å²) in [4.78, 5) is 0. The van der Waals surface area contributed by atoms with Crippen molar-refractivity contribution >= 4 is 11.7 Å². The molecule has 1 aromatic carbocycles. The molecular weight excluding hydrogens is 222 g/mol. The maximum atomic E-state index is 9.29. The normalized spacial score (nSPS) is 10.4. The van der Waals surface area contributed by atoms with Gasteiger partial charge < -0.3 is 19.6 Å². The minimum atomic E-state index is 0.175. The van der Waals surface area contributed by atoms with Gasteiger partial charge in [-0.2, -0.15) is 0 Å². The van der Waals surface area contributed by atoms with Crippen LogP contribution >= 0.6 is 0 Å². The number of nitrogens with one attached hydrogen (secondary N) is 1. The molecule has 6 heteroatoms. The van der Waals surface area contributed by atoms with E-state index in [0.717, 1.165) is 0 Å². The van der Waals surface area contributed by atoms with Crippen LogP contribution in [0.3, 0.4) is 0 Å². The van der Waals surface area contributed by atoms with Gasteiger partial charge in [-0.15, -0.1) is 5.10 Å². The van der Waals surface area contributed by atoms with Gasteiger partial charge in [0.25, 0.3) is 0 Å². The van der Waals surface area contributed by atoms with Gasteiger partial charge in [-0.05, 0) is 12.1 Å². The van der Waals surface area contributed by atoms with Crippen molar-refractivity contribution in [3.8, 4) is 5.75 Å². The fourth-order valence-corrected chi connectivity index (χ4v) is 1.30. The number of hydrogen-bond acceptors (Lipinski definition) is 6. The van der Waals surface area contributed by atoms with Crippen molar-refractivity contribution in [2.45, 2.75) is 6.42 Å². The van der Waals surface area contributed by atoms with E-state index >= 15 is 0 Å². The third kappa shape index (κ3) is 3.18. The van der Waals surface area contributed by atoms with E-state index < -0.39 is 0 Å². The molecule has 1 aromatic heterocycles. The number of nitrogens with zero attached hydrogens (tertiary/aromatic N) is 2. The van der Waals surface area contributed by atoms with Crippen molar-refractivity contribution in [3.05, 3.63) is 30.2 Å². The van der Waals surface area contributed by atoms with Crippen LogP contribution in [0.2, 0.25) is 0 Å². The molecule has 2 N–H and O–H groups in total. The Morgan fingerprint density at radius 2 is 2.29 bits per heavy atom. The van der Waals surface area contributed by atoms with Crippen molar-refractivity contribution in [2.75, 3.05) is 19.0 Å². The first-order valence-corrected chi connectivity index (χ1v) is 5.15. The molecule has 0 unspecified atom stereocenters. The highest BCUT2D eigenvalue weighted by Crippen LogP contribution is 2.19. The number of ether oxygens (including phenoxy) is 1. The molecule has 0 saturated heterocycles. The van der Waals surface area contributed by atoms with Gasteiger partial charge in [-0.1, -0.05) is 11.2 Å². The molecule has 0 spiro atoms. The summed E-state index contributed by atoms with van der Waals surface area (Å²) < 4.78 is 10.2. The smallest absolute Gasteiger partial charge is 0.320 e. The second kappa shape index (κ2) is 5.31. The van der Waals surface area contributed by atoms with Gasteiger partial charge in [-0.25, -0.2) is 0 Å². The number of aromatic nitrogens is 2. The number of benzene rings is 1. The number of phenols is 1. The summed E-state index contributed by atoms with van der Waals surface area (Å²) in [7, 11) is 1.61. The Morgan fingerprint density at radius 1 is 1.41 bits per heavy atom. The summed E-state index contributed by atoms with van der Waals surface area (Å²) in [5.41, 5.74) is 0.687. The van der Waals surface area contributed by atoms with E-state index in [1.54, 1.807) is 31.4 Å². The van der Waals surface area contributed by atoms with Gasteiger partial charge in [0.05, 0.1) is 6.61 Å². The SMILES string of the molecule is COCCc1nnc(Nc2cccc(O)c2)o1. The Kier molecular flexibility index (Phi) is 3.56. The summed E-state index contributed by atoms with van der Waals surface area (Å²) in [6, 6.07) is 6.96. The zero-order valence-electron chi connectivity index (χ0n) is 9.38. The molecule has 0 bridgehead atoms. The summed E-state index contributed by atoms with van der Waals surface area (Å²) in [6.45, 7) is 0.535. The lowest BCUT2D eigenvalue weighted by Crippen LogP contribution is -1.93. The lowest BCUT2D eigenvalue weighted by molar-refractivity contribution is 0.195. The summed E-state index contributed by atoms with van der Waals surface area (Å²) in [5, 5.41) is 19.9. The monoisotopic (exact) mass is 235 g/mol. The lowest BCUT2D eigenvalue weighted by atomic mass is 10.3. The van der Waals surface area contributed by atoms with Crippen LogP contribution < -0.4 is 5.32 Å².